The van der Waals surface area contributed by atoms with Crippen molar-refractivity contribution in [3.8, 4) is 5.75 Å². The highest BCUT2D eigenvalue weighted by atomic mass is 16.5. The number of carbonyl (C=O) groups excluding carboxylic acids is 1. The number of ether oxygens (including phenoxy) is 1. The van der Waals surface area contributed by atoms with Gasteiger partial charge in [-0.3, -0.25) is 9.79 Å². The third-order valence-corrected chi connectivity index (χ3v) is 3.94. The lowest BCUT2D eigenvalue weighted by molar-refractivity contribution is -0.128. The first-order chi connectivity index (χ1) is 11.8. The van der Waals surface area contributed by atoms with Gasteiger partial charge in [-0.05, 0) is 45.7 Å². The van der Waals surface area contributed by atoms with Crippen LogP contribution in [-0.4, -0.2) is 45.7 Å². The standard InChI is InChI=1S/C19H32N4O2/c1-7-21-18(23-13-19(3,4)17(24)20-5)22-11-10-15-12-14(2)8-9-16(15)25-6/h8-9,12H,7,10-11,13H2,1-6H3,(H,20,24)(H2,21,22,23). The molecule has 0 unspecified atom stereocenters. The second kappa shape index (κ2) is 9.91. The van der Waals surface area contributed by atoms with E-state index >= 15 is 0 Å². The number of amides is 1. The van der Waals surface area contributed by atoms with Crippen LogP contribution in [0.25, 0.3) is 0 Å². The lowest BCUT2D eigenvalue weighted by atomic mass is 9.93. The first-order valence-corrected chi connectivity index (χ1v) is 8.72. The van der Waals surface area contributed by atoms with Crippen molar-refractivity contribution in [3.63, 3.8) is 0 Å². The lowest BCUT2D eigenvalue weighted by Crippen LogP contribution is -2.41. The zero-order valence-corrected chi connectivity index (χ0v) is 16.3. The number of nitrogens with one attached hydrogen (secondary N) is 3. The van der Waals surface area contributed by atoms with E-state index in [0.29, 0.717) is 12.5 Å². The Labute approximate surface area is 151 Å². The van der Waals surface area contributed by atoms with Crippen molar-refractivity contribution in [2.24, 2.45) is 10.4 Å². The molecule has 25 heavy (non-hydrogen) atoms. The summed E-state index contributed by atoms with van der Waals surface area (Å²) in [5.74, 6) is 1.60. The van der Waals surface area contributed by atoms with Gasteiger partial charge in [0.1, 0.15) is 5.75 Å². The van der Waals surface area contributed by atoms with Crippen LogP contribution >= 0.6 is 0 Å². The average Bonchev–Trinajstić information content (AvgIpc) is 2.59. The van der Waals surface area contributed by atoms with E-state index in [-0.39, 0.29) is 5.91 Å². The molecule has 1 rings (SSSR count). The number of benzene rings is 1. The number of hydrogen-bond donors (Lipinski definition) is 3. The SMILES string of the molecule is CCNC(=NCC(C)(C)C(=O)NC)NCCc1cc(C)ccc1OC. The van der Waals surface area contributed by atoms with E-state index in [1.165, 1.54) is 5.56 Å². The molecule has 1 aromatic carbocycles. The fraction of sp³-hybridized carbons (Fsp3) is 0.579. The first kappa shape index (κ1) is 20.8. The largest absolute Gasteiger partial charge is 0.496 e. The second-order valence-corrected chi connectivity index (χ2v) is 6.65. The summed E-state index contributed by atoms with van der Waals surface area (Å²) in [5, 5.41) is 9.22. The fourth-order valence-electron chi connectivity index (χ4n) is 2.45. The van der Waals surface area contributed by atoms with Crippen molar-refractivity contribution in [3.05, 3.63) is 29.3 Å². The first-order valence-electron chi connectivity index (χ1n) is 8.72. The summed E-state index contributed by atoms with van der Waals surface area (Å²) in [5.41, 5.74) is 1.83. The van der Waals surface area contributed by atoms with Crippen LogP contribution in [0, 0.1) is 12.3 Å². The van der Waals surface area contributed by atoms with Crippen LogP contribution in [0.2, 0.25) is 0 Å². The number of guanidine groups is 1. The maximum absolute atomic E-state index is 11.9. The molecule has 6 heteroatoms. The van der Waals surface area contributed by atoms with Gasteiger partial charge in [0, 0.05) is 20.1 Å². The molecule has 1 aromatic rings. The minimum atomic E-state index is -0.545. The van der Waals surface area contributed by atoms with Crippen molar-refractivity contribution in [1.29, 1.82) is 0 Å². The third-order valence-electron chi connectivity index (χ3n) is 3.94. The van der Waals surface area contributed by atoms with Crippen LogP contribution in [0.15, 0.2) is 23.2 Å². The normalized spacial score (nSPS) is 11.8. The van der Waals surface area contributed by atoms with Crippen LogP contribution in [0.3, 0.4) is 0 Å². The molecule has 0 radical (unpaired) electrons. The summed E-state index contributed by atoms with van der Waals surface area (Å²) in [6, 6.07) is 6.18. The maximum Gasteiger partial charge on any atom is 0.227 e. The molecule has 0 saturated heterocycles. The molecule has 0 bridgehead atoms. The number of hydrogen-bond acceptors (Lipinski definition) is 3. The summed E-state index contributed by atoms with van der Waals surface area (Å²) >= 11 is 0. The van der Waals surface area contributed by atoms with Gasteiger partial charge in [0.05, 0.1) is 19.1 Å². The molecule has 140 valence electrons. The van der Waals surface area contributed by atoms with E-state index in [9.17, 15) is 4.79 Å². The summed E-state index contributed by atoms with van der Waals surface area (Å²) in [4.78, 5) is 16.4. The summed E-state index contributed by atoms with van der Waals surface area (Å²) < 4.78 is 5.42. The molecule has 3 N–H and O–H groups in total. The Morgan fingerprint density at radius 1 is 1.28 bits per heavy atom. The number of aryl methyl sites for hydroxylation is 1. The predicted octanol–water partition coefficient (Wildman–Crippen LogP) is 1.87. The Bertz CT molecular complexity index is 597. The molecule has 0 aliphatic carbocycles. The van der Waals surface area contributed by atoms with Crippen molar-refractivity contribution in [1.82, 2.24) is 16.0 Å². The molecule has 0 aromatic heterocycles. The summed E-state index contributed by atoms with van der Waals surface area (Å²) in [6.45, 7) is 9.77. The van der Waals surface area contributed by atoms with Crippen LogP contribution in [-0.2, 0) is 11.2 Å². The van der Waals surface area contributed by atoms with Gasteiger partial charge >= 0.3 is 0 Å². The zero-order chi connectivity index (χ0) is 18.9. The Morgan fingerprint density at radius 3 is 2.60 bits per heavy atom. The third kappa shape index (κ3) is 6.64. The van der Waals surface area contributed by atoms with E-state index in [0.717, 1.165) is 30.8 Å². The molecular formula is C19H32N4O2. The van der Waals surface area contributed by atoms with Gasteiger partial charge in [0.2, 0.25) is 5.91 Å². The van der Waals surface area contributed by atoms with Gasteiger partial charge in [0.25, 0.3) is 0 Å². The maximum atomic E-state index is 11.9. The minimum absolute atomic E-state index is 0.0170. The second-order valence-electron chi connectivity index (χ2n) is 6.65. The number of methoxy groups -OCH3 is 1. The minimum Gasteiger partial charge on any atom is -0.496 e. The summed E-state index contributed by atoms with van der Waals surface area (Å²) in [7, 11) is 3.33. The van der Waals surface area contributed by atoms with Crippen molar-refractivity contribution in [2.45, 2.75) is 34.1 Å². The molecule has 6 nitrogen and oxygen atoms in total. The van der Waals surface area contributed by atoms with E-state index < -0.39 is 5.41 Å². The van der Waals surface area contributed by atoms with Gasteiger partial charge in [-0.15, -0.1) is 0 Å². The van der Waals surface area contributed by atoms with Crippen molar-refractivity contribution < 1.29 is 9.53 Å². The van der Waals surface area contributed by atoms with Gasteiger partial charge in [-0.1, -0.05) is 17.7 Å². The topological polar surface area (TPSA) is 74.8 Å². The number of rotatable bonds is 8. The van der Waals surface area contributed by atoms with Gasteiger partial charge in [0.15, 0.2) is 5.96 Å². The molecule has 0 saturated carbocycles. The van der Waals surface area contributed by atoms with Crippen LogP contribution < -0.4 is 20.7 Å². The lowest BCUT2D eigenvalue weighted by Gasteiger charge is -2.21. The Hall–Kier alpha value is -2.24. The molecule has 0 fully saturated rings. The molecule has 1 amide bonds. The average molecular weight is 348 g/mol. The molecule has 0 aliphatic heterocycles. The fourth-order valence-corrected chi connectivity index (χ4v) is 2.45. The molecule has 0 aliphatic rings. The number of nitrogens with zero attached hydrogens (tertiary/aromatic N) is 1. The zero-order valence-electron chi connectivity index (χ0n) is 16.3. The highest BCUT2D eigenvalue weighted by molar-refractivity contribution is 5.83. The van der Waals surface area contributed by atoms with Crippen LogP contribution in [0.4, 0.5) is 0 Å². The van der Waals surface area contributed by atoms with E-state index in [1.54, 1.807) is 14.2 Å². The van der Waals surface area contributed by atoms with Crippen LogP contribution in [0.1, 0.15) is 31.9 Å². The Kier molecular flexibility index (Phi) is 8.25. The number of carbonyl (C=O) groups is 1. The van der Waals surface area contributed by atoms with Gasteiger partial charge in [-0.25, -0.2) is 0 Å². The smallest absolute Gasteiger partial charge is 0.227 e. The van der Waals surface area contributed by atoms with Gasteiger partial charge in [-0.2, -0.15) is 0 Å². The highest BCUT2D eigenvalue weighted by Gasteiger charge is 2.26. The molecular weight excluding hydrogens is 316 g/mol. The molecule has 0 atom stereocenters. The van der Waals surface area contributed by atoms with Gasteiger partial charge < -0.3 is 20.7 Å². The van der Waals surface area contributed by atoms with Crippen LogP contribution in [0.5, 0.6) is 5.75 Å². The van der Waals surface area contributed by atoms with E-state index in [2.05, 4.69) is 33.9 Å². The molecule has 0 spiro atoms. The monoisotopic (exact) mass is 348 g/mol. The van der Waals surface area contributed by atoms with Crippen molar-refractivity contribution in [2.75, 3.05) is 33.8 Å². The molecule has 0 heterocycles. The van der Waals surface area contributed by atoms with E-state index in [4.69, 9.17) is 4.74 Å². The quantitative estimate of drug-likeness (QED) is 0.495. The van der Waals surface area contributed by atoms with E-state index in [1.807, 2.05) is 32.9 Å². The predicted molar refractivity (Wildman–Crippen MR) is 103 cm³/mol. The van der Waals surface area contributed by atoms with Crippen molar-refractivity contribution >= 4 is 11.9 Å². The summed E-state index contributed by atoms with van der Waals surface area (Å²) in [6.07, 6.45) is 0.827. The number of aliphatic imine (C=N–C) groups is 1. The highest BCUT2D eigenvalue weighted by Crippen LogP contribution is 2.19. The Balaban J connectivity index is 2.68. The Morgan fingerprint density at radius 2 is 2.00 bits per heavy atom.